The molecule has 0 radical (unpaired) electrons. The molecule has 5 nitrogen and oxygen atoms in total. The highest BCUT2D eigenvalue weighted by atomic mass is 16.8. The molecule has 0 unspecified atom stereocenters. The lowest BCUT2D eigenvalue weighted by Gasteiger charge is -2.34. The van der Waals surface area contributed by atoms with E-state index in [2.05, 4.69) is 19.1 Å². The van der Waals surface area contributed by atoms with E-state index in [4.69, 9.17) is 23.7 Å². The van der Waals surface area contributed by atoms with Crippen molar-refractivity contribution < 1.29 is 23.7 Å². The molecule has 0 N–H and O–H groups in total. The van der Waals surface area contributed by atoms with Crippen molar-refractivity contribution in [2.45, 2.75) is 77.5 Å². The van der Waals surface area contributed by atoms with Crippen LogP contribution >= 0.6 is 0 Å². The maximum atomic E-state index is 6.40. The van der Waals surface area contributed by atoms with Crippen LogP contribution in [-0.2, 0) is 30.3 Å². The number of rotatable bonds is 7. The summed E-state index contributed by atoms with van der Waals surface area (Å²) in [5.74, 6) is -0.958. The average Bonchev–Trinajstić information content (AvgIpc) is 3.13. The summed E-state index contributed by atoms with van der Waals surface area (Å²) in [5, 5.41) is 0. The molecule has 146 valence electrons. The molecule has 2 heterocycles. The number of benzene rings is 1. The molecular formula is C21H32O5. The Labute approximate surface area is 156 Å². The lowest BCUT2D eigenvalue weighted by Crippen LogP contribution is -2.44. The van der Waals surface area contributed by atoms with Gasteiger partial charge < -0.3 is 23.7 Å². The number of hydrogen-bond acceptors (Lipinski definition) is 5. The Morgan fingerprint density at radius 3 is 2.04 bits per heavy atom. The van der Waals surface area contributed by atoms with Crippen molar-refractivity contribution in [1.82, 2.24) is 0 Å². The van der Waals surface area contributed by atoms with E-state index in [1.807, 2.05) is 45.9 Å². The zero-order valence-corrected chi connectivity index (χ0v) is 16.6. The van der Waals surface area contributed by atoms with Crippen molar-refractivity contribution >= 4 is 0 Å². The van der Waals surface area contributed by atoms with E-state index in [9.17, 15) is 0 Å². The summed E-state index contributed by atoms with van der Waals surface area (Å²) in [5.41, 5.74) is 1.15. The summed E-state index contributed by atoms with van der Waals surface area (Å²) < 4.78 is 30.3. The third-order valence-corrected chi connectivity index (χ3v) is 5.08. The normalized spacial score (nSPS) is 29.6. The van der Waals surface area contributed by atoms with Crippen molar-refractivity contribution in [3.05, 3.63) is 35.9 Å². The molecule has 2 aliphatic heterocycles. The molecule has 5 heteroatoms. The van der Waals surface area contributed by atoms with Crippen LogP contribution in [0.15, 0.2) is 30.3 Å². The van der Waals surface area contributed by atoms with Gasteiger partial charge in [-0.1, -0.05) is 37.3 Å². The average molecular weight is 364 g/mol. The van der Waals surface area contributed by atoms with E-state index in [1.54, 1.807) is 0 Å². The molecule has 0 bridgehead atoms. The second kappa shape index (κ2) is 7.95. The van der Waals surface area contributed by atoms with Crippen molar-refractivity contribution in [3.63, 3.8) is 0 Å². The Kier molecular flexibility index (Phi) is 6.04. The van der Waals surface area contributed by atoms with Crippen LogP contribution < -0.4 is 0 Å². The molecule has 0 aromatic heterocycles. The van der Waals surface area contributed by atoms with Gasteiger partial charge in [-0.05, 0) is 39.7 Å². The predicted octanol–water partition coefficient (Wildman–Crippen LogP) is 3.90. The van der Waals surface area contributed by atoms with Gasteiger partial charge in [0, 0.05) is 5.92 Å². The van der Waals surface area contributed by atoms with Crippen LogP contribution in [0.25, 0.3) is 0 Å². The molecule has 0 amide bonds. The summed E-state index contributed by atoms with van der Waals surface area (Å²) in [6.45, 7) is 11.6. The summed E-state index contributed by atoms with van der Waals surface area (Å²) >= 11 is 0. The Balaban J connectivity index is 1.75. The zero-order chi connectivity index (χ0) is 18.8. The first-order valence-electron chi connectivity index (χ1n) is 9.59. The molecule has 1 aromatic rings. The van der Waals surface area contributed by atoms with E-state index in [0.717, 1.165) is 12.0 Å². The highest BCUT2D eigenvalue weighted by Gasteiger charge is 2.46. The molecule has 2 aliphatic rings. The molecule has 4 atom stereocenters. The maximum Gasteiger partial charge on any atom is 0.163 e. The van der Waals surface area contributed by atoms with Gasteiger partial charge in [-0.15, -0.1) is 0 Å². The summed E-state index contributed by atoms with van der Waals surface area (Å²) in [4.78, 5) is 0. The quantitative estimate of drug-likeness (QED) is 0.734. The van der Waals surface area contributed by atoms with Gasteiger partial charge in [-0.3, -0.25) is 0 Å². The molecule has 0 saturated carbocycles. The molecule has 2 saturated heterocycles. The fraction of sp³-hybridized carbons (Fsp3) is 0.714. The SMILES string of the molecule is CC[C@@H]([C@H](OCc1ccccc1)[C@H]1COC(C)(C)O1)[C@H]1COC(C)(C)O1. The first-order valence-corrected chi connectivity index (χ1v) is 9.59. The van der Waals surface area contributed by atoms with Crippen LogP contribution in [0.2, 0.25) is 0 Å². The van der Waals surface area contributed by atoms with Crippen LogP contribution in [-0.4, -0.2) is 43.1 Å². The minimum atomic E-state index is -0.580. The lowest BCUT2D eigenvalue weighted by molar-refractivity contribution is -0.182. The Hall–Kier alpha value is -0.980. The summed E-state index contributed by atoms with van der Waals surface area (Å²) in [7, 11) is 0. The second-order valence-electron chi connectivity index (χ2n) is 8.07. The van der Waals surface area contributed by atoms with Crippen LogP contribution in [0, 0.1) is 5.92 Å². The van der Waals surface area contributed by atoms with Gasteiger partial charge in [-0.25, -0.2) is 0 Å². The van der Waals surface area contributed by atoms with E-state index < -0.39 is 11.6 Å². The van der Waals surface area contributed by atoms with E-state index >= 15 is 0 Å². The molecule has 3 rings (SSSR count). The van der Waals surface area contributed by atoms with Gasteiger partial charge in [0.05, 0.1) is 32.0 Å². The first-order chi connectivity index (χ1) is 12.3. The smallest absolute Gasteiger partial charge is 0.163 e. The van der Waals surface area contributed by atoms with Crippen LogP contribution in [0.3, 0.4) is 0 Å². The third kappa shape index (κ3) is 4.84. The van der Waals surface area contributed by atoms with Crippen LogP contribution in [0.5, 0.6) is 0 Å². The Morgan fingerprint density at radius 1 is 0.962 bits per heavy atom. The first kappa shape index (κ1) is 19.8. The predicted molar refractivity (Wildman–Crippen MR) is 98.6 cm³/mol. The topological polar surface area (TPSA) is 46.2 Å². The van der Waals surface area contributed by atoms with Gasteiger partial charge in [0.2, 0.25) is 0 Å². The van der Waals surface area contributed by atoms with Gasteiger partial charge in [0.1, 0.15) is 6.10 Å². The van der Waals surface area contributed by atoms with E-state index in [1.165, 1.54) is 0 Å². The number of hydrogen-bond donors (Lipinski definition) is 0. The fourth-order valence-corrected chi connectivity index (χ4v) is 3.78. The monoisotopic (exact) mass is 364 g/mol. The van der Waals surface area contributed by atoms with Crippen LogP contribution in [0.1, 0.15) is 46.6 Å². The molecule has 1 aromatic carbocycles. The molecule has 26 heavy (non-hydrogen) atoms. The minimum absolute atomic E-state index is 0.0110. The molecule has 2 fully saturated rings. The van der Waals surface area contributed by atoms with E-state index in [0.29, 0.717) is 19.8 Å². The van der Waals surface area contributed by atoms with E-state index in [-0.39, 0.29) is 24.2 Å². The van der Waals surface area contributed by atoms with Gasteiger partial charge in [0.15, 0.2) is 11.6 Å². The fourth-order valence-electron chi connectivity index (χ4n) is 3.78. The van der Waals surface area contributed by atoms with Crippen molar-refractivity contribution in [2.75, 3.05) is 13.2 Å². The second-order valence-corrected chi connectivity index (χ2v) is 8.07. The Bertz CT molecular complexity index is 571. The van der Waals surface area contributed by atoms with Gasteiger partial charge in [-0.2, -0.15) is 0 Å². The molecular weight excluding hydrogens is 332 g/mol. The summed E-state index contributed by atoms with van der Waals surface area (Å²) in [6.07, 6.45) is 0.669. The standard InChI is InChI=1S/C21H32O5/c1-6-16(17-13-23-20(2,3)25-17)19(18-14-24-21(4,5)26-18)22-12-15-10-8-7-9-11-15/h7-11,16-19H,6,12-14H2,1-5H3/t16-,17-,18-,19+/m1/s1. The third-order valence-electron chi connectivity index (χ3n) is 5.08. The highest BCUT2D eigenvalue weighted by molar-refractivity contribution is 5.13. The maximum absolute atomic E-state index is 6.40. The highest BCUT2D eigenvalue weighted by Crippen LogP contribution is 2.36. The van der Waals surface area contributed by atoms with Crippen molar-refractivity contribution in [2.24, 2.45) is 5.92 Å². The summed E-state index contributed by atoms with van der Waals surface area (Å²) in [6, 6.07) is 10.2. The van der Waals surface area contributed by atoms with Crippen molar-refractivity contribution in [3.8, 4) is 0 Å². The zero-order valence-electron chi connectivity index (χ0n) is 16.6. The molecule has 0 spiro atoms. The molecule has 0 aliphatic carbocycles. The number of ether oxygens (including phenoxy) is 5. The van der Waals surface area contributed by atoms with Gasteiger partial charge in [0.25, 0.3) is 0 Å². The Morgan fingerprint density at radius 2 is 1.54 bits per heavy atom. The van der Waals surface area contributed by atoms with Gasteiger partial charge >= 0.3 is 0 Å². The largest absolute Gasteiger partial charge is 0.370 e. The lowest BCUT2D eigenvalue weighted by atomic mass is 9.90. The van der Waals surface area contributed by atoms with Crippen molar-refractivity contribution in [1.29, 1.82) is 0 Å². The minimum Gasteiger partial charge on any atom is -0.370 e. The van der Waals surface area contributed by atoms with Crippen LogP contribution in [0.4, 0.5) is 0 Å².